The predicted octanol–water partition coefficient (Wildman–Crippen LogP) is 2.50. The van der Waals surface area contributed by atoms with Gasteiger partial charge in [-0.3, -0.25) is 9.69 Å². The predicted molar refractivity (Wildman–Crippen MR) is 102 cm³/mol. The molecule has 2 aromatic carbocycles. The van der Waals surface area contributed by atoms with Crippen molar-refractivity contribution in [1.82, 2.24) is 9.80 Å². The van der Waals surface area contributed by atoms with Crippen molar-refractivity contribution in [2.45, 2.75) is 25.5 Å². The Bertz CT molecular complexity index is 844. The number of carbonyl (C=O) groups excluding carboxylic acids is 2. The summed E-state index contributed by atoms with van der Waals surface area (Å²) >= 11 is 0. The molecule has 1 unspecified atom stereocenters. The number of hydrogen-bond donors (Lipinski definition) is 0. The molecule has 0 bridgehead atoms. The first kappa shape index (κ1) is 17.7. The average Bonchev–Trinajstić information content (AvgIpc) is 2.69. The second-order valence-corrected chi connectivity index (χ2v) is 7.51. The van der Waals surface area contributed by atoms with Crippen LogP contribution in [-0.4, -0.2) is 53.5 Å². The van der Waals surface area contributed by atoms with E-state index in [1.165, 1.54) is 5.56 Å². The second-order valence-electron chi connectivity index (χ2n) is 7.51. The van der Waals surface area contributed by atoms with Crippen molar-refractivity contribution in [3.05, 3.63) is 71.3 Å². The van der Waals surface area contributed by atoms with Gasteiger partial charge in [0.25, 0.3) is 5.91 Å². The Morgan fingerprint density at radius 2 is 1.67 bits per heavy atom. The Hall–Kier alpha value is -2.66. The van der Waals surface area contributed by atoms with Crippen LogP contribution in [0.3, 0.4) is 0 Å². The molecule has 5 heteroatoms. The van der Waals surface area contributed by atoms with Gasteiger partial charge in [0.05, 0.1) is 5.56 Å². The fraction of sp³-hybridized carbons (Fsp3) is 0.364. The molecule has 1 atom stereocenters. The van der Waals surface area contributed by atoms with Gasteiger partial charge in [-0.05, 0) is 24.1 Å². The van der Waals surface area contributed by atoms with Crippen LogP contribution >= 0.6 is 0 Å². The lowest BCUT2D eigenvalue weighted by atomic mass is 9.88. The molecule has 0 saturated carbocycles. The number of rotatable bonds is 3. The summed E-state index contributed by atoms with van der Waals surface area (Å²) in [5.74, 6) is -0.500. The summed E-state index contributed by atoms with van der Waals surface area (Å²) in [5, 5.41) is 0. The highest BCUT2D eigenvalue weighted by Crippen LogP contribution is 2.30. The Morgan fingerprint density at radius 1 is 1.00 bits per heavy atom. The number of hydrogen-bond acceptors (Lipinski definition) is 4. The van der Waals surface area contributed by atoms with Crippen LogP contribution in [0, 0.1) is 0 Å². The molecule has 0 spiro atoms. The SMILES string of the molecule is CC1(C(=O)N2CCN(Cc3ccccc3)CC2)Cc2ccccc2C(=O)O1. The van der Waals surface area contributed by atoms with Crippen molar-refractivity contribution in [3.8, 4) is 0 Å². The van der Waals surface area contributed by atoms with Gasteiger partial charge in [0.2, 0.25) is 0 Å². The molecular formula is C22H24N2O3. The standard InChI is InChI=1S/C22H24N2O3/c1-22(15-18-9-5-6-10-19(18)20(25)27-22)21(26)24-13-11-23(12-14-24)16-17-7-3-2-4-8-17/h2-10H,11-16H2,1H3. The molecule has 0 aromatic heterocycles. The van der Waals surface area contributed by atoms with Crippen LogP contribution in [0.2, 0.25) is 0 Å². The largest absolute Gasteiger partial charge is 0.445 e. The Morgan fingerprint density at radius 3 is 2.41 bits per heavy atom. The number of ether oxygens (including phenoxy) is 1. The highest BCUT2D eigenvalue weighted by molar-refractivity contribution is 5.97. The molecule has 2 heterocycles. The monoisotopic (exact) mass is 364 g/mol. The molecule has 4 rings (SSSR count). The molecule has 27 heavy (non-hydrogen) atoms. The first-order valence-electron chi connectivity index (χ1n) is 9.42. The second kappa shape index (κ2) is 7.16. The molecule has 2 aliphatic heterocycles. The number of nitrogens with zero attached hydrogens (tertiary/aromatic N) is 2. The third-order valence-corrected chi connectivity index (χ3v) is 5.44. The number of fused-ring (bicyclic) bond motifs is 1. The van der Waals surface area contributed by atoms with Crippen molar-refractivity contribution >= 4 is 11.9 Å². The lowest BCUT2D eigenvalue weighted by molar-refractivity contribution is -0.153. The van der Waals surface area contributed by atoms with Gasteiger partial charge in [-0.25, -0.2) is 4.79 Å². The zero-order valence-corrected chi connectivity index (χ0v) is 15.6. The fourth-order valence-corrected chi connectivity index (χ4v) is 3.94. The quantitative estimate of drug-likeness (QED) is 0.786. The van der Waals surface area contributed by atoms with Crippen LogP contribution in [0.1, 0.15) is 28.4 Å². The highest BCUT2D eigenvalue weighted by atomic mass is 16.6. The molecule has 1 fully saturated rings. The Labute approximate surface area is 159 Å². The van der Waals surface area contributed by atoms with E-state index in [1.807, 2.05) is 41.3 Å². The Kier molecular flexibility index (Phi) is 4.70. The smallest absolute Gasteiger partial charge is 0.339 e. The summed E-state index contributed by atoms with van der Waals surface area (Å²) in [5.41, 5.74) is 1.61. The van der Waals surface area contributed by atoms with Crippen LogP contribution in [0.15, 0.2) is 54.6 Å². The van der Waals surface area contributed by atoms with Crippen molar-refractivity contribution in [2.24, 2.45) is 0 Å². The first-order chi connectivity index (χ1) is 13.0. The van der Waals surface area contributed by atoms with Gasteiger partial charge in [0.1, 0.15) is 0 Å². The fourth-order valence-electron chi connectivity index (χ4n) is 3.94. The van der Waals surface area contributed by atoms with Gasteiger partial charge in [0.15, 0.2) is 5.60 Å². The van der Waals surface area contributed by atoms with Gasteiger partial charge in [-0.15, -0.1) is 0 Å². The van der Waals surface area contributed by atoms with E-state index >= 15 is 0 Å². The van der Waals surface area contributed by atoms with E-state index in [9.17, 15) is 9.59 Å². The summed E-state index contributed by atoms with van der Waals surface area (Å²) in [6, 6.07) is 17.7. The van der Waals surface area contributed by atoms with Gasteiger partial charge in [0, 0.05) is 39.1 Å². The summed E-state index contributed by atoms with van der Waals surface area (Å²) in [4.78, 5) is 29.7. The van der Waals surface area contributed by atoms with E-state index < -0.39 is 11.6 Å². The van der Waals surface area contributed by atoms with Crippen LogP contribution in [0.25, 0.3) is 0 Å². The molecular weight excluding hydrogens is 340 g/mol. The number of benzene rings is 2. The zero-order valence-electron chi connectivity index (χ0n) is 15.6. The summed E-state index contributed by atoms with van der Waals surface area (Å²) in [6.45, 7) is 5.57. The lowest BCUT2D eigenvalue weighted by Gasteiger charge is -2.41. The van der Waals surface area contributed by atoms with E-state index in [4.69, 9.17) is 4.74 Å². The Balaban J connectivity index is 1.40. The normalized spacial score (nSPS) is 22.9. The van der Waals surface area contributed by atoms with Crippen LogP contribution in [-0.2, 0) is 22.5 Å². The topological polar surface area (TPSA) is 49.9 Å². The number of cyclic esters (lactones) is 1. The molecule has 2 aromatic rings. The van der Waals surface area contributed by atoms with Crippen molar-refractivity contribution < 1.29 is 14.3 Å². The van der Waals surface area contributed by atoms with E-state index in [0.717, 1.165) is 25.2 Å². The lowest BCUT2D eigenvalue weighted by Crippen LogP contribution is -2.57. The molecule has 0 aliphatic carbocycles. The van der Waals surface area contributed by atoms with Crippen LogP contribution in [0.4, 0.5) is 0 Å². The van der Waals surface area contributed by atoms with Crippen molar-refractivity contribution in [3.63, 3.8) is 0 Å². The van der Waals surface area contributed by atoms with Crippen LogP contribution < -0.4 is 0 Å². The molecule has 140 valence electrons. The number of amides is 1. The van der Waals surface area contributed by atoms with E-state index in [2.05, 4.69) is 17.0 Å². The summed E-state index contributed by atoms with van der Waals surface area (Å²) in [6.07, 6.45) is 0.429. The van der Waals surface area contributed by atoms with E-state index in [-0.39, 0.29) is 5.91 Å². The van der Waals surface area contributed by atoms with Crippen molar-refractivity contribution in [1.29, 1.82) is 0 Å². The third-order valence-electron chi connectivity index (χ3n) is 5.44. The van der Waals surface area contributed by atoms with Crippen LogP contribution in [0.5, 0.6) is 0 Å². The van der Waals surface area contributed by atoms with E-state index in [1.54, 1.807) is 13.0 Å². The minimum Gasteiger partial charge on any atom is -0.445 e. The number of piperazine rings is 1. The molecule has 1 amide bonds. The number of carbonyl (C=O) groups is 2. The maximum atomic E-state index is 13.1. The zero-order chi connectivity index (χ0) is 18.9. The summed E-state index contributed by atoms with van der Waals surface area (Å²) < 4.78 is 5.59. The third kappa shape index (κ3) is 3.60. The maximum absolute atomic E-state index is 13.1. The van der Waals surface area contributed by atoms with Crippen molar-refractivity contribution in [2.75, 3.05) is 26.2 Å². The minimum atomic E-state index is -1.12. The summed E-state index contributed by atoms with van der Waals surface area (Å²) in [7, 11) is 0. The molecule has 2 aliphatic rings. The average molecular weight is 364 g/mol. The number of esters is 1. The molecule has 5 nitrogen and oxygen atoms in total. The minimum absolute atomic E-state index is 0.0929. The van der Waals surface area contributed by atoms with Gasteiger partial charge >= 0.3 is 5.97 Å². The first-order valence-corrected chi connectivity index (χ1v) is 9.42. The maximum Gasteiger partial charge on any atom is 0.339 e. The van der Waals surface area contributed by atoms with E-state index in [0.29, 0.717) is 25.1 Å². The molecule has 0 N–H and O–H groups in total. The van der Waals surface area contributed by atoms with Gasteiger partial charge in [-0.2, -0.15) is 0 Å². The molecule has 0 radical (unpaired) electrons. The molecule has 1 saturated heterocycles. The van der Waals surface area contributed by atoms with Gasteiger partial charge in [-0.1, -0.05) is 48.5 Å². The van der Waals surface area contributed by atoms with Gasteiger partial charge < -0.3 is 9.64 Å². The highest BCUT2D eigenvalue weighted by Gasteiger charge is 2.45.